The molecule has 5 heteroatoms. The lowest BCUT2D eigenvalue weighted by Gasteiger charge is -2.16. The normalized spacial score (nSPS) is 13.3. The third-order valence-corrected chi connectivity index (χ3v) is 4.97. The SMILES string of the molecule is CCCc1nc2ccccc2c2c1C(=O)N(Cc1ccccc1OCC)C2=O. The van der Waals surface area contributed by atoms with Crippen molar-refractivity contribution in [1.82, 2.24) is 9.88 Å². The van der Waals surface area contributed by atoms with Crippen molar-refractivity contribution in [3.05, 3.63) is 70.9 Å². The summed E-state index contributed by atoms with van der Waals surface area (Å²) < 4.78 is 5.67. The third kappa shape index (κ3) is 2.93. The number of hydrogen-bond acceptors (Lipinski definition) is 4. The number of aryl methyl sites for hydroxylation is 1. The number of pyridine rings is 1. The molecule has 1 aromatic heterocycles. The molecule has 2 heterocycles. The van der Waals surface area contributed by atoms with Crippen LogP contribution in [0.5, 0.6) is 5.75 Å². The maximum absolute atomic E-state index is 13.3. The third-order valence-electron chi connectivity index (χ3n) is 4.97. The van der Waals surface area contributed by atoms with Crippen LogP contribution in [0.1, 0.15) is 52.2 Å². The van der Waals surface area contributed by atoms with E-state index >= 15 is 0 Å². The number of benzene rings is 2. The van der Waals surface area contributed by atoms with Crippen LogP contribution in [0.25, 0.3) is 10.9 Å². The highest BCUT2D eigenvalue weighted by Crippen LogP contribution is 2.34. The largest absolute Gasteiger partial charge is 0.494 e. The number of amides is 2. The number of carbonyl (C=O) groups is 2. The maximum Gasteiger partial charge on any atom is 0.263 e. The molecule has 4 rings (SSSR count). The number of imide groups is 1. The second kappa shape index (κ2) is 7.43. The summed E-state index contributed by atoms with van der Waals surface area (Å²) in [6, 6.07) is 15.0. The zero-order chi connectivity index (χ0) is 19.7. The Bertz CT molecular complexity index is 1070. The summed E-state index contributed by atoms with van der Waals surface area (Å²) in [7, 11) is 0. The Morgan fingerprint density at radius 3 is 2.43 bits per heavy atom. The van der Waals surface area contributed by atoms with Gasteiger partial charge in [-0.3, -0.25) is 19.5 Å². The summed E-state index contributed by atoms with van der Waals surface area (Å²) >= 11 is 0. The molecule has 0 atom stereocenters. The van der Waals surface area contributed by atoms with E-state index in [0.29, 0.717) is 35.6 Å². The molecule has 0 saturated carbocycles. The van der Waals surface area contributed by atoms with E-state index in [1.807, 2.05) is 62.4 Å². The van der Waals surface area contributed by atoms with Crippen LogP contribution >= 0.6 is 0 Å². The first-order valence-electron chi connectivity index (χ1n) is 9.64. The van der Waals surface area contributed by atoms with Crippen molar-refractivity contribution in [2.24, 2.45) is 0 Å². The van der Waals surface area contributed by atoms with E-state index in [1.165, 1.54) is 4.90 Å². The fraction of sp³-hybridized carbons (Fsp3) is 0.261. The van der Waals surface area contributed by atoms with Gasteiger partial charge in [0.1, 0.15) is 5.75 Å². The van der Waals surface area contributed by atoms with Gasteiger partial charge >= 0.3 is 0 Å². The number of rotatable bonds is 6. The van der Waals surface area contributed by atoms with Crippen LogP contribution in [-0.4, -0.2) is 28.3 Å². The van der Waals surface area contributed by atoms with E-state index in [0.717, 1.165) is 22.9 Å². The predicted molar refractivity (Wildman–Crippen MR) is 108 cm³/mol. The highest BCUT2D eigenvalue weighted by atomic mass is 16.5. The first-order valence-corrected chi connectivity index (χ1v) is 9.64. The van der Waals surface area contributed by atoms with Gasteiger partial charge in [0, 0.05) is 10.9 Å². The van der Waals surface area contributed by atoms with Gasteiger partial charge in [0.25, 0.3) is 11.8 Å². The van der Waals surface area contributed by atoms with Crippen LogP contribution in [0.3, 0.4) is 0 Å². The number of aromatic nitrogens is 1. The van der Waals surface area contributed by atoms with Gasteiger partial charge in [-0.1, -0.05) is 49.7 Å². The summed E-state index contributed by atoms with van der Waals surface area (Å²) in [5.74, 6) is 0.161. The van der Waals surface area contributed by atoms with Crippen molar-refractivity contribution < 1.29 is 14.3 Å². The fourth-order valence-corrected chi connectivity index (χ4v) is 3.74. The summed E-state index contributed by atoms with van der Waals surface area (Å²) in [5.41, 5.74) is 3.21. The van der Waals surface area contributed by atoms with Crippen molar-refractivity contribution in [3.8, 4) is 5.75 Å². The van der Waals surface area contributed by atoms with Gasteiger partial charge in [0.15, 0.2) is 0 Å². The number of ether oxygens (including phenoxy) is 1. The molecule has 0 radical (unpaired) electrons. The van der Waals surface area contributed by atoms with Crippen LogP contribution in [0, 0.1) is 0 Å². The fourth-order valence-electron chi connectivity index (χ4n) is 3.74. The number of hydrogen-bond donors (Lipinski definition) is 0. The van der Waals surface area contributed by atoms with Crippen molar-refractivity contribution in [2.75, 3.05) is 6.61 Å². The average Bonchev–Trinajstić information content (AvgIpc) is 2.95. The average molecular weight is 374 g/mol. The molecule has 2 amide bonds. The van der Waals surface area contributed by atoms with E-state index in [-0.39, 0.29) is 18.4 Å². The van der Waals surface area contributed by atoms with Crippen molar-refractivity contribution in [2.45, 2.75) is 33.2 Å². The Kier molecular flexibility index (Phi) is 4.82. The second-order valence-corrected chi connectivity index (χ2v) is 6.81. The predicted octanol–water partition coefficient (Wildman–Crippen LogP) is 4.38. The molecule has 5 nitrogen and oxygen atoms in total. The molecule has 0 saturated heterocycles. The lowest BCUT2D eigenvalue weighted by Crippen LogP contribution is -2.29. The molecular formula is C23H22N2O3. The zero-order valence-corrected chi connectivity index (χ0v) is 16.1. The molecule has 0 aliphatic carbocycles. The second-order valence-electron chi connectivity index (χ2n) is 6.81. The molecule has 0 fully saturated rings. The summed E-state index contributed by atoms with van der Waals surface area (Å²) in [6.07, 6.45) is 1.52. The minimum Gasteiger partial charge on any atom is -0.494 e. The number of carbonyl (C=O) groups excluding carboxylic acids is 2. The molecule has 0 N–H and O–H groups in total. The first kappa shape index (κ1) is 18.2. The van der Waals surface area contributed by atoms with Crippen molar-refractivity contribution in [1.29, 1.82) is 0 Å². The zero-order valence-electron chi connectivity index (χ0n) is 16.1. The van der Waals surface area contributed by atoms with Crippen LogP contribution < -0.4 is 4.74 Å². The smallest absolute Gasteiger partial charge is 0.263 e. The summed E-state index contributed by atoms with van der Waals surface area (Å²) in [5, 5.41) is 0.733. The molecule has 0 bridgehead atoms. The molecule has 3 aromatic rings. The first-order chi connectivity index (χ1) is 13.7. The van der Waals surface area contributed by atoms with E-state index in [4.69, 9.17) is 4.74 Å². The number of fused-ring (bicyclic) bond motifs is 3. The maximum atomic E-state index is 13.3. The molecule has 1 aliphatic rings. The van der Waals surface area contributed by atoms with E-state index in [9.17, 15) is 9.59 Å². The minimum atomic E-state index is -0.270. The minimum absolute atomic E-state index is 0.183. The standard InChI is InChI=1S/C23H22N2O3/c1-3-9-18-21-20(16-11-6-7-12-17(16)24-18)22(26)25(23(21)27)14-15-10-5-8-13-19(15)28-4-2/h5-8,10-13H,3-4,9,14H2,1-2H3. The van der Waals surface area contributed by atoms with E-state index < -0.39 is 0 Å². The molecule has 142 valence electrons. The van der Waals surface area contributed by atoms with Crippen LogP contribution in [-0.2, 0) is 13.0 Å². The van der Waals surface area contributed by atoms with Gasteiger partial charge in [0.2, 0.25) is 0 Å². The van der Waals surface area contributed by atoms with Gasteiger partial charge in [-0.05, 0) is 25.5 Å². The van der Waals surface area contributed by atoms with Gasteiger partial charge in [0.05, 0.1) is 35.5 Å². The Hall–Kier alpha value is -3.21. The van der Waals surface area contributed by atoms with Gasteiger partial charge in [-0.2, -0.15) is 0 Å². The van der Waals surface area contributed by atoms with Crippen molar-refractivity contribution >= 4 is 22.7 Å². The van der Waals surface area contributed by atoms with Crippen molar-refractivity contribution in [3.63, 3.8) is 0 Å². The van der Waals surface area contributed by atoms with Gasteiger partial charge < -0.3 is 4.74 Å². The van der Waals surface area contributed by atoms with E-state index in [1.54, 1.807) is 0 Å². The highest BCUT2D eigenvalue weighted by molar-refractivity contribution is 6.26. The quantitative estimate of drug-likeness (QED) is 0.601. The lowest BCUT2D eigenvalue weighted by molar-refractivity contribution is 0.0641. The van der Waals surface area contributed by atoms with Crippen LogP contribution in [0.2, 0.25) is 0 Å². The molecule has 1 aliphatic heterocycles. The van der Waals surface area contributed by atoms with Crippen LogP contribution in [0.4, 0.5) is 0 Å². The summed E-state index contributed by atoms with van der Waals surface area (Å²) in [4.78, 5) is 32.5. The Labute approximate surface area is 163 Å². The molecule has 28 heavy (non-hydrogen) atoms. The Morgan fingerprint density at radius 2 is 1.64 bits per heavy atom. The molecule has 2 aromatic carbocycles. The van der Waals surface area contributed by atoms with Gasteiger partial charge in [-0.25, -0.2) is 0 Å². The Balaban J connectivity index is 1.81. The monoisotopic (exact) mass is 374 g/mol. The molecule has 0 spiro atoms. The number of para-hydroxylation sites is 2. The summed E-state index contributed by atoms with van der Waals surface area (Å²) in [6.45, 7) is 4.66. The van der Waals surface area contributed by atoms with Crippen LogP contribution in [0.15, 0.2) is 48.5 Å². The topological polar surface area (TPSA) is 59.5 Å². The Morgan fingerprint density at radius 1 is 0.929 bits per heavy atom. The highest BCUT2D eigenvalue weighted by Gasteiger charge is 2.39. The molecular weight excluding hydrogens is 352 g/mol. The van der Waals surface area contributed by atoms with Gasteiger partial charge in [-0.15, -0.1) is 0 Å². The number of nitrogens with zero attached hydrogens (tertiary/aromatic N) is 2. The molecule has 0 unspecified atom stereocenters. The lowest BCUT2D eigenvalue weighted by atomic mass is 10.0. The van der Waals surface area contributed by atoms with E-state index in [2.05, 4.69) is 4.98 Å².